The monoisotopic (exact) mass is 171 g/mol. The molecule has 1 heterocycles. The van der Waals surface area contributed by atoms with Crippen LogP contribution < -0.4 is 11.5 Å². The number of nitrogens with two attached hydrogens (primary N) is 2. The Bertz CT molecular complexity index is 181. The van der Waals surface area contributed by atoms with E-state index in [2.05, 4.69) is 18.7 Å². The highest BCUT2D eigenvalue weighted by Gasteiger charge is 2.35. The first-order valence-electron chi connectivity index (χ1n) is 4.34. The molecule has 2 atom stereocenters. The summed E-state index contributed by atoms with van der Waals surface area (Å²) < 4.78 is 0. The zero-order chi connectivity index (χ0) is 9.30. The van der Waals surface area contributed by atoms with E-state index in [1.54, 1.807) is 0 Å². The van der Waals surface area contributed by atoms with Crippen molar-refractivity contribution in [1.82, 2.24) is 4.90 Å². The molecule has 1 aliphatic rings. The number of carbonyl (C=O) groups excluding carboxylic acids is 1. The van der Waals surface area contributed by atoms with E-state index in [0.29, 0.717) is 6.04 Å². The van der Waals surface area contributed by atoms with Gasteiger partial charge in [0, 0.05) is 12.6 Å². The third kappa shape index (κ3) is 1.59. The molecule has 0 bridgehead atoms. The summed E-state index contributed by atoms with van der Waals surface area (Å²) in [6.07, 6.45) is 0.622. The molecule has 4 N–H and O–H groups in total. The van der Waals surface area contributed by atoms with Crippen molar-refractivity contribution in [2.45, 2.75) is 32.5 Å². The molecule has 0 aromatic heterocycles. The van der Waals surface area contributed by atoms with E-state index in [-0.39, 0.29) is 18.0 Å². The lowest BCUT2D eigenvalue weighted by Gasteiger charge is -2.26. The SMILES string of the molecule is CC(C)N1CCC(C(N)=O)C1N. The standard InChI is InChI=1S/C8H17N3O/c1-5(2)11-4-3-6(7(11)9)8(10)12/h5-7H,3-4,9H2,1-2H3,(H2,10,12). The molecule has 0 aromatic rings. The summed E-state index contributed by atoms with van der Waals surface area (Å²) in [6, 6.07) is 0.393. The normalized spacial score (nSPS) is 31.3. The zero-order valence-electron chi connectivity index (χ0n) is 7.66. The highest BCUT2D eigenvalue weighted by molar-refractivity contribution is 5.77. The molecular formula is C8H17N3O. The van der Waals surface area contributed by atoms with Crippen molar-refractivity contribution >= 4 is 5.91 Å². The second kappa shape index (κ2) is 3.41. The van der Waals surface area contributed by atoms with E-state index < -0.39 is 0 Å². The third-order valence-corrected chi connectivity index (χ3v) is 2.52. The topological polar surface area (TPSA) is 72.3 Å². The van der Waals surface area contributed by atoms with Gasteiger partial charge in [0.25, 0.3) is 0 Å². The Hall–Kier alpha value is -0.610. The lowest BCUT2D eigenvalue weighted by atomic mass is 10.1. The number of carbonyl (C=O) groups is 1. The molecule has 1 fully saturated rings. The van der Waals surface area contributed by atoms with Crippen molar-refractivity contribution in [3.8, 4) is 0 Å². The molecule has 4 nitrogen and oxygen atoms in total. The molecule has 4 heteroatoms. The van der Waals surface area contributed by atoms with Gasteiger partial charge in [-0.2, -0.15) is 0 Å². The van der Waals surface area contributed by atoms with Crippen LogP contribution in [0.25, 0.3) is 0 Å². The van der Waals surface area contributed by atoms with E-state index in [0.717, 1.165) is 13.0 Å². The number of rotatable bonds is 2. The average molecular weight is 171 g/mol. The number of nitrogens with zero attached hydrogens (tertiary/aromatic N) is 1. The van der Waals surface area contributed by atoms with Gasteiger partial charge in [-0.25, -0.2) is 0 Å². The highest BCUT2D eigenvalue weighted by atomic mass is 16.1. The van der Waals surface area contributed by atoms with Crippen molar-refractivity contribution in [1.29, 1.82) is 0 Å². The van der Waals surface area contributed by atoms with Crippen LogP contribution in [0.3, 0.4) is 0 Å². The summed E-state index contributed by atoms with van der Waals surface area (Å²) in [4.78, 5) is 13.0. The summed E-state index contributed by atoms with van der Waals surface area (Å²) in [5.41, 5.74) is 11.1. The molecule has 0 saturated carbocycles. The van der Waals surface area contributed by atoms with Crippen molar-refractivity contribution in [2.75, 3.05) is 6.54 Å². The minimum atomic E-state index is -0.273. The summed E-state index contributed by atoms with van der Waals surface area (Å²) in [6.45, 7) is 5.03. The molecule has 0 radical (unpaired) electrons. The van der Waals surface area contributed by atoms with E-state index >= 15 is 0 Å². The molecule has 70 valence electrons. The zero-order valence-corrected chi connectivity index (χ0v) is 7.66. The molecule has 12 heavy (non-hydrogen) atoms. The predicted octanol–water partition coefficient (Wildman–Crippen LogP) is -0.513. The van der Waals surface area contributed by atoms with Crippen molar-refractivity contribution in [3.63, 3.8) is 0 Å². The Balaban J connectivity index is 2.61. The van der Waals surface area contributed by atoms with Crippen LogP contribution in [-0.2, 0) is 4.79 Å². The second-order valence-corrected chi connectivity index (χ2v) is 3.62. The minimum absolute atomic E-state index is 0.160. The van der Waals surface area contributed by atoms with Gasteiger partial charge in [0.05, 0.1) is 12.1 Å². The maximum Gasteiger partial charge on any atom is 0.223 e. The van der Waals surface area contributed by atoms with E-state index in [4.69, 9.17) is 11.5 Å². The van der Waals surface area contributed by atoms with Gasteiger partial charge in [0.1, 0.15) is 0 Å². The fourth-order valence-electron chi connectivity index (χ4n) is 1.75. The van der Waals surface area contributed by atoms with E-state index in [9.17, 15) is 4.79 Å². The fourth-order valence-corrected chi connectivity index (χ4v) is 1.75. The molecule has 1 aliphatic heterocycles. The maximum absolute atomic E-state index is 10.9. The maximum atomic E-state index is 10.9. The Morgan fingerprint density at radius 3 is 2.42 bits per heavy atom. The highest BCUT2D eigenvalue weighted by Crippen LogP contribution is 2.22. The minimum Gasteiger partial charge on any atom is -0.369 e. The number of hydrogen-bond acceptors (Lipinski definition) is 3. The van der Waals surface area contributed by atoms with Crippen molar-refractivity contribution < 1.29 is 4.79 Å². The first-order chi connectivity index (χ1) is 5.54. The van der Waals surface area contributed by atoms with Gasteiger partial charge in [-0.05, 0) is 20.3 Å². The Labute approximate surface area is 72.9 Å². The smallest absolute Gasteiger partial charge is 0.223 e. The molecule has 0 aromatic carbocycles. The summed E-state index contributed by atoms with van der Waals surface area (Å²) in [5.74, 6) is -0.432. The summed E-state index contributed by atoms with van der Waals surface area (Å²) >= 11 is 0. The number of amides is 1. The molecule has 1 saturated heterocycles. The van der Waals surface area contributed by atoms with E-state index in [1.807, 2.05) is 0 Å². The second-order valence-electron chi connectivity index (χ2n) is 3.62. The lowest BCUT2D eigenvalue weighted by molar-refractivity contribution is -0.122. The van der Waals surface area contributed by atoms with Crippen LogP contribution in [0.4, 0.5) is 0 Å². The quantitative estimate of drug-likeness (QED) is 0.587. The average Bonchev–Trinajstić information content (AvgIpc) is 2.30. The van der Waals surface area contributed by atoms with Gasteiger partial charge in [0.2, 0.25) is 5.91 Å². The first kappa shape index (κ1) is 9.48. The lowest BCUT2D eigenvalue weighted by Crippen LogP contribution is -2.47. The summed E-state index contributed by atoms with van der Waals surface area (Å²) in [5, 5.41) is 0. The van der Waals surface area contributed by atoms with Crippen LogP contribution in [0.1, 0.15) is 20.3 Å². The summed E-state index contributed by atoms with van der Waals surface area (Å²) in [7, 11) is 0. The molecular weight excluding hydrogens is 154 g/mol. The predicted molar refractivity (Wildman–Crippen MR) is 47.1 cm³/mol. The fraction of sp³-hybridized carbons (Fsp3) is 0.875. The van der Waals surface area contributed by atoms with Crippen LogP contribution in [0.15, 0.2) is 0 Å². The largest absolute Gasteiger partial charge is 0.369 e. The molecule has 0 aliphatic carbocycles. The number of hydrogen-bond donors (Lipinski definition) is 2. The van der Waals surface area contributed by atoms with Gasteiger partial charge in [0.15, 0.2) is 0 Å². The van der Waals surface area contributed by atoms with Crippen LogP contribution in [-0.4, -0.2) is 29.6 Å². The Morgan fingerprint density at radius 1 is 1.58 bits per heavy atom. The number of likely N-dealkylation sites (tertiary alicyclic amines) is 1. The Morgan fingerprint density at radius 2 is 2.17 bits per heavy atom. The van der Waals surface area contributed by atoms with Crippen LogP contribution in [0, 0.1) is 5.92 Å². The van der Waals surface area contributed by atoms with Gasteiger partial charge in [-0.15, -0.1) is 0 Å². The Kier molecular flexibility index (Phi) is 2.69. The first-order valence-corrected chi connectivity index (χ1v) is 4.34. The van der Waals surface area contributed by atoms with Gasteiger partial charge >= 0.3 is 0 Å². The van der Waals surface area contributed by atoms with Crippen LogP contribution >= 0.6 is 0 Å². The molecule has 0 spiro atoms. The van der Waals surface area contributed by atoms with Crippen LogP contribution in [0.5, 0.6) is 0 Å². The van der Waals surface area contributed by atoms with Crippen molar-refractivity contribution in [3.05, 3.63) is 0 Å². The number of primary amides is 1. The van der Waals surface area contributed by atoms with Crippen LogP contribution in [0.2, 0.25) is 0 Å². The third-order valence-electron chi connectivity index (χ3n) is 2.52. The van der Waals surface area contributed by atoms with E-state index in [1.165, 1.54) is 0 Å². The van der Waals surface area contributed by atoms with Gasteiger partial charge in [-0.3, -0.25) is 9.69 Å². The van der Waals surface area contributed by atoms with Crippen molar-refractivity contribution in [2.24, 2.45) is 17.4 Å². The molecule has 2 unspecified atom stereocenters. The molecule has 1 amide bonds. The van der Waals surface area contributed by atoms with Gasteiger partial charge < -0.3 is 11.5 Å². The van der Waals surface area contributed by atoms with Gasteiger partial charge in [-0.1, -0.05) is 0 Å². The molecule has 1 rings (SSSR count).